The van der Waals surface area contributed by atoms with Crippen LogP contribution in [0.4, 0.5) is 5.00 Å². The molecule has 0 bridgehead atoms. The van der Waals surface area contributed by atoms with E-state index in [4.69, 9.17) is 40.5 Å². The average Bonchev–Trinajstić information content (AvgIpc) is 2.73. The molecular formula is C15H19Cl3N2O2S. The van der Waals surface area contributed by atoms with E-state index < -0.39 is 15.6 Å². The number of amides is 2. The second kappa shape index (κ2) is 6.43. The fourth-order valence-electron chi connectivity index (χ4n) is 2.85. The number of rotatable bonds is 2. The molecule has 8 heteroatoms. The predicted molar refractivity (Wildman–Crippen MR) is 96.7 cm³/mol. The van der Waals surface area contributed by atoms with Crippen molar-refractivity contribution >= 4 is 63.0 Å². The SMILES string of the molecule is CC(C)(C)C1CCc2c(sc(NC(=O)C(Cl)(Cl)Cl)c2C(N)=O)C1. The van der Waals surface area contributed by atoms with Crippen LogP contribution in [0.15, 0.2) is 0 Å². The molecular weight excluding hydrogens is 379 g/mol. The quantitative estimate of drug-likeness (QED) is 0.730. The van der Waals surface area contributed by atoms with Crippen LogP contribution in [0, 0.1) is 11.3 Å². The van der Waals surface area contributed by atoms with Gasteiger partial charge < -0.3 is 11.1 Å². The van der Waals surface area contributed by atoms with Crippen molar-refractivity contribution in [1.29, 1.82) is 0 Å². The van der Waals surface area contributed by atoms with Crippen molar-refractivity contribution < 1.29 is 9.59 Å². The van der Waals surface area contributed by atoms with Crippen molar-refractivity contribution in [2.45, 2.75) is 43.8 Å². The first-order chi connectivity index (χ1) is 10.4. The third-order valence-corrected chi connectivity index (χ3v) is 5.91. The van der Waals surface area contributed by atoms with E-state index in [0.717, 1.165) is 29.7 Å². The van der Waals surface area contributed by atoms with Crippen LogP contribution in [-0.2, 0) is 17.6 Å². The number of anilines is 1. The Balaban J connectivity index is 2.37. The van der Waals surface area contributed by atoms with Gasteiger partial charge in [-0.2, -0.15) is 0 Å². The summed E-state index contributed by atoms with van der Waals surface area (Å²) in [6, 6.07) is 0. The molecule has 1 aliphatic rings. The zero-order valence-electron chi connectivity index (χ0n) is 13.1. The van der Waals surface area contributed by atoms with Crippen LogP contribution in [-0.4, -0.2) is 15.6 Å². The first-order valence-electron chi connectivity index (χ1n) is 7.23. The van der Waals surface area contributed by atoms with Crippen molar-refractivity contribution in [2.24, 2.45) is 17.1 Å². The van der Waals surface area contributed by atoms with Crippen molar-refractivity contribution in [3.63, 3.8) is 0 Å². The van der Waals surface area contributed by atoms with Crippen LogP contribution in [0.3, 0.4) is 0 Å². The number of fused-ring (bicyclic) bond motifs is 1. The molecule has 1 heterocycles. The van der Waals surface area contributed by atoms with E-state index in [0.29, 0.717) is 16.5 Å². The number of halogens is 3. The summed E-state index contributed by atoms with van der Waals surface area (Å²) in [6.45, 7) is 6.62. The third-order valence-electron chi connectivity index (χ3n) is 4.22. The molecule has 128 valence electrons. The van der Waals surface area contributed by atoms with Crippen molar-refractivity contribution in [3.8, 4) is 0 Å². The summed E-state index contributed by atoms with van der Waals surface area (Å²) >= 11 is 18.1. The van der Waals surface area contributed by atoms with Crippen molar-refractivity contribution in [1.82, 2.24) is 0 Å². The van der Waals surface area contributed by atoms with Gasteiger partial charge in [-0.1, -0.05) is 55.6 Å². The lowest BCUT2D eigenvalue weighted by molar-refractivity contribution is -0.115. The molecule has 0 radical (unpaired) electrons. The molecule has 1 atom stereocenters. The highest BCUT2D eigenvalue weighted by atomic mass is 35.6. The monoisotopic (exact) mass is 396 g/mol. The van der Waals surface area contributed by atoms with Crippen molar-refractivity contribution in [2.75, 3.05) is 5.32 Å². The number of nitrogens with two attached hydrogens (primary N) is 1. The van der Waals surface area contributed by atoms with Crippen LogP contribution in [0.2, 0.25) is 0 Å². The number of nitrogens with one attached hydrogen (secondary N) is 1. The van der Waals surface area contributed by atoms with Gasteiger partial charge in [-0.3, -0.25) is 9.59 Å². The summed E-state index contributed by atoms with van der Waals surface area (Å²) in [5.41, 5.74) is 6.95. The Morgan fingerprint density at radius 1 is 1.26 bits per heavy atom. The van der Waals surface area contributed by atoms with Gasteiger partial charge in [-0.15, -0.1) is 11.3 Å². The Hall–Kier alpha value is -0.490. The molecule has 0 saturated carbocycles. The zero-order chi connectivity index (χ0) is 17.6. The average molecular weight is 398 g/mol. The van der Waals surface area contributed by atoms with E-state index in [1.165, 1.54) is 11.3 Å². The van der Waals surface area contributed by atoms with E-state index in [1.54, 1.807) is 0 Å². The Morgan fingerprint density at radius 2 is 1.87 bits per heavy atom. The summed E-state index contributed by atoms with van der Waals surface area (Å²) in [7, 11) is 0. The molecule has 0 aliphatic heterocycles. The van der Waals surface area contributed by atoms with Gasteiger partial charge in [0.05, 0.1) is 5.56 Å². The van der Waals surface area contributed by atoms with Gasteiger partial charge in [-0.05, 0) is 36.2 Å². The maximum atomic E-state index is 11.9. The fraction of sp³-hybridized carbons (Fsp3) is 0.600. The molecule has 0 spiro atoms. The molecule has 0 aromatic carbocycles. The molecule has 0 fully saturated rings. The summed E-state index contributed by atoms with van der Waals surface area (Å²) in [6.07, 6.45) is 2.59. The summed E-state index contributed by atoms with van der Waals surface area (Å²) in [5.74, 6) is -0.863. The molecule has 3 N–H and O–H groups in total. The van der Waals surface area contributed by atoms with E-state index in [9.17, 15) is 9.59 Å². The number of thiophene rings is 1. The smallest absolute Gasteiger partial charge is 0.277 e. The van der Waals surface area contributed by atoms with Crippen LogP contribution >= 0.6 is 46.1 Å². The zero-order valence-corrected chi connectivity index (χ0v) is 16.2. The summed E-state index contributed by atoms with van der Waals surface area (Å²) in [5, 5.41) is 2.89. The molecule has 2 amide bonds. The Bertz CT molecular complexity index is 644. The minimum Gasteiger partial charge on any atom is -0.365 e. The van der Waals surface area contributed by atoms with E-state index in [2.05, 4.69) is 26.1 Å². The van der Waals surface area contributed by atoms with Crippen LogP contribution in [0.1, 0.15) is 48.0 Å². The normalized spacial score (nSPS) is 18.4. The predicted octanol–water partition coefficient (Wildman–Crippen LogP) is 4.31. The largest absolute Gasteiger partial charge is 0.365 e. The number of hydrogen-bond acceptors (Lipinski definition) is 3. The van der Waals surface area contributed by atoms with Crippen LogP contribution in [0.25, 0.3) is 0 Å². The van der Waals surface area contributed by atoms with Gasteiger partial charge >= 0.3 is 0 Å². The van der Waals surface area contributed by atoms with Crippen LogP contribution in [0.5, 0.6) is 0 Å². The molecule has 1 aliphatic carbocycles. The molecule has 0 saturated heterocycles. The fourth-order valence-corrected chi connectivity index (χ4v) is 4.32. The van der Waals surface area contributed by atoms with Crippen LogP contribution < -0.4 is 11.1 Å². The number of carbonyl (C=O) groups excluding carboxylic acids is 2. The highest BCUT2D eigenvalue weighted by molar-refractivity contribution is 7.17. The molecule has 2 rings (SSSR count). The Labute approximate surface area is 154 Å². The highest BCUT2D eigenvalue weighted by Gasteiger charge is 2.36. The van der Waals surface area contributed by atoms with Gasteiger partial charge in [0, 0.05) is 4.88 Å². The van der Waals surface area contributed by atoms with Gasteiger partial charge in [0.25, 0.3) is 15.6 Å². The van der Waals surface area contributed by atoms with E-state index in [-0.39, 0.29) is 5.41 Å². The second-order valence-electron chi connectivity index (χ2n) is 6.83. The van der Waals surface area contributed by atoms with Gasteiger partial charge in [0.1, 0.15) is 5.00 Å². The number of alkyl halides is 3. The maximum Gasteiger partial charge on any atom is 0.277 e. The van der Waals surface area contributed by atoms with Gasteiger partial charge in [0.2, 0.25) is 0 Å². The van der Waals surface area contributed by atoms with Gasteiger partial charge in [-0.25, -0.2) is 0 Å². The van der Waals surface area contributed by atoms with E-state index in [1.807, 2.05) is 0 Å². The minimum atomic E-state index is -2.09. The molecule has 1 aromatic heterocycles. The lowest BCUT2D eigenvalue weighted by atomic mass is 9.72. The molecule has 1 aromatic rings. The first-order valence-corrected chi connectivity index (χ1v) is 9.18. The highest BCUT2D eigenvalue weighted by Crippen LogP contribution is 2.44. The summed E-state index contributed by atoms with van der Waals surface area (Å²) < 4.78 is -2.09. The number of hydrogen-bond donors (Lipinski definition) is 2. The molecule has 4 nitrogen and oxygen atoms in total. The Morgan fingerprint density at radius 3 is 2.35 bits per heavy atom. The van der Waals surface area contributed by atoms with Crippen molar-refractivity contribution in [3.05, 3.63) is 16.0 Å². The van der Waals surface area contributed by atoms with Gasteiger partial charge in [0.15, 0.2) is 0 Å². The minimum absolute atomic E-state index is 0.176. The lowest BCUT2D eigenvalue weighted by Gasteiger charge is -2.33. The first kappa shape index (κ1) is 18.8. The third kappa shape index (κ3) is 4.13. The second-order valence-corrected chi connectivity index (χ2v) is 10.2. The molecule has 1 unspecified atom stereocenters. The number of primary amides is 1. The standard InChI is InChI=1S/C15H19Cl3N2O2S/c1-14(2,3)7-4-5-8-9(6-7)23-12(10(8)11(19)21)20-13(22)15(16,17)18/h7H,4-6H2,1-3H3,(H2,19,21)(H,20,22). The van der Waals surface area contributed by atoms with E-state index >= 15 is 0 Å². The molecule has 23 heavy (non-hydrogen) atoms. The summed E-state index contributed by atoms with van der Waals surface area (Å²) in [4.78, 5) is 24.8. The lowest BCUT2D eigenvalue weighted by Crippen LogP contribution is -2.28. The maximum absolute atomic E-state index is 11.9. The Kier molecular flexibility index (Phi) is 5.27. The topological polar surface area (TPSA) is 72.2 Å². The number of carbonyl (C=O) groups is 2.